The van der Waals surface area contributed by atoms with E-state index in [-0.39, 0.29) is 5.91 Å². The first kappa shape index (κ1) is 9.52. The number of amides is 1. The molecule has 1 saturated heterocycles. The van der Waals surface area contributed by atoms with Crippen LogP contribution in [0.2, 0.25) is 0 Å². The van der Waals surface area contributed by atoms with E-state index in [0.717, 1.165) is 26.1 Å². The first-order chi connectivity index (χ1) is 5.72. The first-order valence-electron chi connectivity index (χ1n) is 4.72. The van der Waals surface area contributed by atoms with Gasteiger partial charge in [0, 0.05) is 26.1 Å². The molecule has 0 aromatic heterocycles. The van der Waals surface area contributed by atoms with Gasteiger partial charge in [-0.25, -0.2) is 0 Å². The minimum Gasteiger partial charge on any atom is -0.352 e. The molecule has 1 rings (SSSR count). The van der Waals surface area contributed by atoms with Gasteiger partial charge in [0.2, 0.25) is 5.91 Å². The van der Waals surface area contributed by atoms with Crippen molar-refractivity contribution in [3.8, 4) is 0 Å². The van der Waals surface area contributed by atoms with E-state index in [9.17, 15) is 4.79 Å². The topological polar surface area (TPSA) is 32.3 Å². The number of likely N-dealkylation sites (tertiary alicyclic amines) is 1. The molecule has 1 atom stereocenters. The molecule has 3 heteroatoms. The molecule has 0 saturated carbocycles. The number of hydrogen-bond donors (Lipinski definition) is 1. The molecule has 1 fully saturated rings. The van der Waals surface area contributed by atoms with Crippen LogP contribution in [0.4, 0.5) is 0 Å². The third-order valence-corrected chi connectivity index (χ3v) is 2.22. The van der Waals surface area contributed by atoms with Gasteiger partial charge in [0.1, 0.15) is 0 Å². The standard InChI is InChI=1S/C9H18N2O/c1-3-5-11-6-4-9(7-11)10-8(2)12/h9H,3-7H2,1-2H3,(H,10,12). The van der Waals surface area contributed by atoms with Gasteiger partial charge < -0.3 is 10.2 Å². The van der Waals surface area contributed by atoms with E-state index in [1.54, 1.807) is 6.92 Å². The average molecular weight is 170 g/mol. The lowest BCUT2D eigenvalue weighted by atomic mass is 10.3. The van der Waals surface area contributed by atoms with Crippen molar-refractivity contribution < 1.29 is 4.79 Å². The van der Waals surface area contributed by atoms with Crippen LogP contribution in [-0.4, -0.2) is 36.5 Å². The fourth-order valence-corrected chi connectivity index (χ4v) is 1.76. The highest BCUT2D eigenvalue weighted by molar-refractivity contribution is 5.73. The molecule has 0 aliphatic carbocycles. The lowest BCUT2D eigenvalue weighted by Crippen LogP contribution is -2.35. The monoisotopic (exact) mass is 170 g/mol. The number of carbonyl (C=O) groups is 1. The molecule has 1 aliphatic rings. The predicted molar refractivity (Wildman–Crippen MR) is 49.0 cm³/mol. The smallest absolute Gasteiger partial charge is 0.217 e. The van der Waals surface area contributed by atoms with Gasteiger partial charge in [0.05, 0.1) is 0 Å². The van der Waals surface area contributed by atoms with Crippen LogP contribution in [-0.2, 0) is 4.79 Å². The number of carbonyl (C=O) groups excluding carboxylic acids is 1. The van der Waals surface area contributed by atoms with Gasteiger partial charge in [-0.2, -0.15) is 0 Å². The molecular weight excluding hydrogens is 152 g/mol. The molecule has 12 heavy (non-hydrogen) atoms. The molecule has 1 heterocycles. The summed E-state index contributed by atoms with van der Waals surface area (Å²) in [7, 11) is 0. The largest absolute Gasteiger partial charge is 0.352 e. The van der Waals surface area contributed by atoms with Crippen LogP contribution in [0, 0.1) is 0 Å². The molecule has 1 aliphatic heterocycles. The second kappa shape index (κ2) is 4.45. The summed E-state index contributed by atoms with van der Waals surface area (Å²) in [6.45, 7) is 7.11. The number of hydrogen-bond acceptors (Lipinski definition) is 2. The molecule has 70 valence electrons. The fraction of sp³-hybridized carbons (Fsp3) is 0.889. The summed E-state index contributed by atoms with van der Waals surface area (Å²) in [6.07, 6.45) is 2.31. The van der Waals surface area contributed by atoms with Crippen LogP contribution in [0.3, 0.4) is 0 Å². The Kier molecular flexibility index (Phi) is 3.53. The first-order valence-corrected chi connectivity index (χ1v) is 4.72. The predicted octanol–water partition coefficient (Wildman–Crippen LogP) is 0.607. The van der Waals surface area contributed by atoms with Crippen LogP contribution < -0.4 is 5.32 Å². The SMILES string of the molecule is CCCN1CCC(NC(C)=O)C1. The maximum absolute atomic E-state index is 10.7. The molecule has 0 spiro atoms. The van der Waals surface area contributed by atoms with E-state index in [1.807, 2.05) is 0 Å². The summed E-state index contributed by atoms with van der Waals surface area (Å²) < 4.78 is 0. The van der Waals surface area contributed by atoms with Crippen LogP contribution in [0.15, 0.2) is 0 Å². The molecule has 1 unspecified atom stereocenters. The molecule has 0 bridgehead atoms. The van der Waals surface area contributed by atoms with Crippen LogP contribution in [0.1, 0.15) is 26.7 Å². The lowest BCUT2D eigenvalue weighted by molar-refractivity contribution is -0.119. The summed E-state index contributed by atoms with van der Waals surface area (Å²) in [5, 5.41) is 2.95. The third-order valence-electron chi connectivity index (χ3n) is 2.22. The molecule has 3 nitrogen and oxygen atoms in total. The van der Waals surface area contributed by atoms with Crippen molar-refractivity contribution in [1.82, 2.24) is 10.2 Å². The molecule has 0 radical (unpaired) electrons. The number of rotatable bonds is 3. The Morgan fingerprint density at radius 2 is 2.42 bits per heavy atom. The van der Waals surface area contributed by atoms with Gasteiger partial charge in [-0.1, -0.05) is 6.92 Å². The molecule has 0 aromatic carbocycles. The van der Waals surface area contributed by atoms with Crippen molar-refractivity contribution in [3.05, 3.63) is 0 Å². The normalized spacial score (nSPS) is 24.3. The van der Waals surface area contributed by atoms with E-state index in [1.165, 1.54) is 6.42 Å². The summed E-state index contributed by atoms with van der Waals surface area (Å²) in [5.41, 5.74) is 0. The van der Waals surface area contributed by atoms with Gasteiger partial charge in [-0.3, -0.25) is 4.79 Å². The second-order valence-electron chi connectivity index (χ2n) is 3.49. The van der Waals surface area contributed by atoms with E-state index in [4.69, 9.17) is 0 Å². The Labute approximate surface area is 74.1 Å². The lowest BCUT2D eigenvalue weighted by Gasteiger charge is -2.14. The molecule has 1 N–H and O–H groups in total. The number of nitrogens with zero attached hydrogens (tertiary/aromatic N) is 1. The van der Waals surface area contributed by atoms with E-state index in [0.29, 0.717) is 6.04 Å². The van der Waals surface area contributed by atoms with E-state index >= 15 is 0 Å². The molecule has 1 amide bonds. The van der Waals surface area contributed by atoms with Gasteiger partial charge >= 0.3 is 0 Å². The van der Waals surface area contributed by atoms with Crippen LogP contribution in [0.5, 0.6) is 0 Å². The van der Waals surface area contributed by atoms with E-state index in [2.05, 4.69) is 17.1 Å². The van der Waals surface area contributed by atoms with Crippen molar-refractivity contribution in [3.63, 3.8) is 0 Å². The van der Waals surface area contributed by atoms with Crippen molar-refractivity contribution in [1.29, 1.82) is 0 Å². The number of nitrogens with one attached hydrogen (secondary N) is 1. The van der Waals surface area contributed by atoms with Crippen molar-refractivity contribution in [2.75, 3.05) is 19.6 Å². The van der Waals surface area contributed by atoms with Crippen LogP contribution >= 0.6 is 0 Å². The van der Waals surface area contributed by atoms with E-state index < -0.39 is 0 Å². The zero-order valence-corrected chi connectivity index (χ0v) is 7.97. The third kappa shape index (κ3) is 2.81. The maximum Gasteiger partial charge on any atom is 0.217 e. The van der Waals surface area contributed by atoms with Gasteiger partial charge in [0.25, 0.3) is 0 Å². The quantitative estimate of drug-likeness (QED) is 0.673. The van der Waals surface area contributed by atoms with Crippen LogP contribution in [0.25, 0.3) is 0 Å². The Morgan fingerprint density at radius 3 is 3.00 bits per heavy atom. The second-order valence-corrected chi connectivity index (χ2v) is 3.49. The highest BCUT2D eigenvalue weighted by Gasteiger charge is 2.21. The highest BCUT2D eigenvalue weighted by atomic mass is 16.1. The summed E-state index contributed by atoms with van der Waals surface area (Å²) >= 11 is 0. The van der Waals surface area contributed by atoms with Gasteiger partial charge in [0.15, 0.2) is 0 Å². The minimum absolute atomic E-state index is 0.0957. The Bertz CT molecular complexity index is 159. The summed E-state index contributed by atoms with van der Waals surface area (Å²) in [6, 6.07) is 0.397. The minimum atomic E-state index is 0.0957. The Hall–Kier alpha value is -0.570. The maximum atomic E-state index is 10.7. The van der Waals surface area contributed by atoms with Crippen molar-refractivity contribution in [2.24, 2.45) is 0 Å². The summed E-state index contributed by atoms with van der Waals surface area (Å²) in [5.74, 6) is 0.0957. The summed E-state index contributed by atoms with van der Waals surface area (Å²) in [4.78, 5) is 13.1. The fourth-order valence-electron chi connectivity index (χ4n) is 1.76. The Balaban J connectivity index is 2.21. The average Bonchev–Trinajstić information content (AvgIpc) is 2.36. The molecular formula is C9H18N2O. The van der Waals surface area contributed by atoms with Gasteiger partial charge in [-0.05, 0) is 19.4 Å². The molecule has 0 aromatic rings. The van der Waals surface area contributed by atoms with Crippen molar-refractivity contribution >= 4 is 5.91 Å². The van der Waals surface area contributed by atoms with Crippen molar-refractivity contribution in [2.45, 2.75) is 32.7 Å². The Morgan fingerprint density at radius 1 is 1.67 bits per heavy atom. The zero-order valence-electron chi connectivity index (χ0n) is 7.97. The zero-order chi connectivity index (χ0) is 8.97. The van der Waals surface area contributed by atoms with Gasteiger partial charge in [-0.15, -0.1) is 0 Å². The highest BCUT2D eigenvalue weighted by Crippen LogP contribution is 2.08.